The van der Waals surface area contributed by atoms with Crippen molar-refractivity contribution in [2.75, 3.05) is 32.5 Å². The standard InChI is InChI=1S/C19H26N4S/c1-15-8-5-6-10-18(15)21-19(24)23(13-12-22(3)4)16(2)17-9-7-11-20-14-17/h5-11,14,16H,12-13H2,1-4H3,(H,21,24)/t16-/m0/s1. The van der Waals surface area contributed by atoms with E-state index in [4.69, 9.17) is 12.2 Å². The first-order chi connectivity index (χ1) is 11.5. The minimum absolute atomic E-state index is 0.155. The molecule has 0 spiro atoms. The number of aromatic nitrogens is 1. The highest BCUT2D eigenvalue weighted by molar-refractivity contribution is 7.80. The second-order valence-corrected chi connectivity index (χ2v) is 6.59. The van der Waals surface area contributed by atoms with Gasteiger partial charge in [-0.15, -0.1) is 0 Å². The molecule has 0 aliphatic rings. The van der Waals surface area contributed by atoms with Crippen molar-refractivity contribution in [1.82, 2.24) is 14.8 Å². The summed E-state index contributed by atoms with van der Waals surface area (Å²) in [5, 5.41) is 4.14. The maximum absolute atomic E-state index is 5.72. The summed E-state index contributed by atoms with van der Waals surface area (Å²) in [5.41, 5.74) is 3.39. The molecule has 0 saturated heterocycles. The van der Waals surface area contributed by atoms with E-state index in [1.54, 1.807) is 6.20 Å². The maximum Gasteiger partial charge on any atom is 0.173 e. The van der Waals surface area contributed by atoms with E-state index in [9.17, 15) is 0 Å². The molecule has 0 amide bonds. The third-order valence-corrected chi connectivity index (χ3v) is 4.41. The minimum atomic E-state index is 0.155. The fourth-order valence-electron chi connectivity index (χ4n) is 2.48. The van der Waals surface area contributed by atoms with Crippen molar-refractivity contribution in [2.24, 2.45) is 0 Å². The summed E-state index contributed by atoms with van der Waals surface area (Å²) in [4.78, 5) is 8.63. The molecule has 0 aliphatic heterocycles. The van der Waals surface area contributed by atoms with Gasteiger partial charge in [0.1, 0.15) is 0 Å². The molecule has 2 rings (SSSR count). The fraction of sp³-hybridized carbons (Fsp3) is 0.368. The Kier molecular flexibility index (Phi) is 6.70. The van der Waals surface area contributed by atoms with Gasteiger partial charge in [0.05, 0.1) is 6.04 Å². The predicted molar refractivity (Wildman–Crippen MR) is 105 cm³/mol. The summed E-state index contributed by atoms with van der Waals surface area (Å²) in [7, 11) is 4.15. The maximum atomic E-state index is 5.72. The molecule has 0 fully saturated rings. The van der Waals surface area contributed by atoms with Crippen LogP contribution in [0.1, 0.15) is 24.1 Å². The number of anilines is 1. The van der Waals surface area contributed by atoms with Crippen LogP contribution in [0.5, 0.6) is 0 Å². The average molecular weight is 343 g/mol. The number of nitrogens with one attached hydrogen (secondary N) is 1. The number of hydrogen-bond donors (Lipinski definition) is 1. The monoisotopic (exact) mass is 342 g/mol. The number of aryl methyl sites for hydroxylation is 1. The van der Waals surface area contributed by atoms with Crippen molar-refractivity contribution in [1.29, 1.82) is 0 Å². The molecule has 1 N–H and O–H groups in total. The first-order valence-corrected chi connectivity index (χ1v) is 8.57. The molecule has 1 aromatic carbocycles. The lowest BCUT2D eigenvalue weighted by Crippen LogP contribution is -2.41. The lowest BCUT2D eigenvalue weighted by molar-refractivity contribution is 0.289. The number of hydrogen-bond acceptors (Lipinski definition) is 3. The largest absolute Gasteiger partial charge is 0.341 e. The Labute approximate surface area is 150 Å². The van der Waals surface area contributed by atoms with Gasteiger partial charge in [0, 0.05) is 31.2 Å². The number of rotatable bonds is 6. The molecule has 4 nitrogen and oxygen atoms in total. The SMILES string of the molecule is Cc1ccccc1NC(=S)N(CCN(C)C)[C@@H](C)c1cccnc1. The molecule has 5 heteroatoms. The highest BCUT2D eigenvalue weighted by Crippen LogP contribution is 2.21. The summed E-state index contributed by atoms with van der Waals surface area (Å²) in [5.74, 6) is 0. The van der Waals surface area contributed by atoms with Crippen LogP contribution in [-0.4, -0.2) is 47.1 Å². The van der Waals surface area contributed by atoms with Crippen LogP contribution in [0.25, 0.3) is 0 Å². The third-order valence-electron chi connectivity index (χ3n) is 4.07. The summed E-state index contributed by atoms with van der Waals surface area (Å²) >= 11 is 5.72. The van der Waals surface area contributed by atoms with E-state index in [0.717, 1.165) is 29.5 Å². The number of pyridine rings is 1. The van der Waals surface area contributed by atoms with Gasteiger partial charge in [-0.25, -0.2) is 0 Å². The van der Waals surface area contributed by atoms with Gasteiger partial charge in [-0.05, 0) is 63.4 Å². The number of likely N-dealkylation sites (N-methyl/N-ethyl adjacent to an activating group) is 1. The molecule has 0 bridgehead atoms. The van der Waals surface area contributed by atoms with Crippen LogP contribution in [0.15, 0.2) is 48.8 Å². The Bertz CT molecular complexity index is 657. The number of thiocarbonyl (C=S) groups is 1. The summed E-state index contributed by atoms with van der Waals surface area (Å²) in [6.07, 6.45) is 3.70. The van der Waals surface area contributed by atoms with E-state index in [0.29, 0.717) is 0 Å². The highest BCUT2D eigenvalue weighted by atomic mass is 32.1. The minimum Gasteiger partial charge on any atom is -0.341 e. The average Bonchev–Trinajstić information content (AvgIpc) is 2.57. The fourth-order valence-corrected chi connectivity index (χ4v) is 2.84. The molecule has 2 aromatic rings. The molecule has 1 heterocycles. The van der Waals surface area contributed by atoms with Crippen LogP contribution in [0, 0.1) is 6.92 Å². The van der Waals surface area contributed by atoms with Gasteiger partial charge in [0.25, 0.3) is 0 Å². The van der Waals surface area contributed by atoms with Crippen molar-refractivity contribution in [2.45, 2.75) is 19.9 Å². The Hall–Kier alpha value is -1.98. The van der Waals surface area contributed by atoms with E-state index in [-0.39, 0.29) is 6.04 Å². The Morgan fingerprint density at radius 3 is 2.54 bits per heavy atom. The van der Waals surface area contributed by atoms with Crippen molar-refractivity contribution >= 4 is 23.0 Å². The van der Waals surface area contributed by atoms with Gasteiger partial charge in [0.15, 0.2) is 5.11 Å². The molecule has 1 atom stereocenters. The number of nitrogens with zero attached hydrogens (tertiary/aromatic N) is 3. The molecule has 0 aliphatic carbocycles. The summed E-state index contributed by atoms with van der Waals surface area (Å²) in [6.45, 7) is 6.03. The number of para-hydroxylation sites is 1. The molecular weight excluding hydrogens is 316 g/mol. The van der Waals surface area contributed by atoms with E-state index in [1.165, 1.54) is 5.56 Å². The Morgan fingerprint density at radius 2 is 1.92 bits per heavy atom. The van der Waals surface area contributed by atoms with E-state index in [1.807, 2.05) is 24.4 Å². The zero-order chi connectivity index (χ0) is 17.5. The molecular formula is C19H26N4S. The summed E-state index contributed by atoms with van der Waals surface area (Å²) in [6, 6.07) is 12.4. The van der Waals surface area contributed by atoms with Crippen LogP contribution in [0.3, 0.4) is 0 Å². The molecule has 0 unspecified atom stereocenters. The molecule has 24 heavy (non-hydrogen) atoms. The van der Waals surface area contributed by atoms with Crippen molar-refractivity contribution in [3.8, 4) is 0 Å². The van der Waals surface area contributed by atoms with Gasteiger partial charge in [-0.1, -0.05) is 24.3 Å². The molecule has 128 valence electrons. The highest BCUT2D eigenvalue weighted by Gasteiger charge is 2.19. The Morgan fingerprint density at radius 1 is 1.17 bits per heavy atom. The van der Waals surface area contributed by atoms with Gasteiger partial charge in [0.2, 0.25) is 0 Å². The molecule has 0 radical (unpaired) electrons. The zero-order valence-electron chi connectivity index (χ0n) is 14.9. The van der Waals surface area contributed by atoms with E-state index < -0.39 is 0 Å². The lowest BCUT2D eigenvalue weighted by atomic mass is 10.1. The van der Waals surface area contributed by atoms with Gasteiger partial charge < -0.3 is 15.1 Å². The first-order valence-electron chi connectivity index (χ1n) is 8.17. The summed E-state index contributed by atoms with van der Waals surface area (Å²) < 4.78 is 0. The van der Waals surface area contributed by atoms with Gasteiger partial charge >= 0.3 is 0 Å². The second-order valence-electron chi connectivity index (χ2n) is 6.20. The predicted octanol–water partition coefficient (Wildman–Crippen LogP) is 3.71. The second kappa shape index (κ2) is 8.76. The van der Waals surface area contributed by atoms with Gasteiger partial charge in [-0.2, -0.15) is 0 Å². The normalized spacial score (nSPS) is 12.0. The lowest BCUT2D eigenvalue weighted by Gasteiger charge is -2.33. The third kappa shape index (κ3) is 5.01. The molecule has 0 saturated carbocycles. The topological polar surface area (TPSA) is 31.4 Å². The van der Waals surface area contributed by atoms with Crippen LogP contribution in [0.4, 0.5) is 5.69 Å². The van der Waals surface area contributed by atoms with Crippen molar-refractivity contribution in [3.05, 3.63) is 59.9 Å². The quantitative estimate of drug-likeness (QED) is 0.809. The van der Waals surface area contributed by atoms with Crippen molar-refractivity contribution in [3.63, 3.8) is 0 Å². The van der Waals surface area contributed by atoms with Crippen LogP contribution in [0.2, 0.25) is 0 Å². The van der Waals surface area contributed by atoms with E-state index in [2.05, 4.69) is 66.2 Å². The first kappa shape index (κ1) is 18.4. The smallest absolute Gasteiger partial charge is 0.173 e. The zero-order valence-corrected chi connectivity index (χ0v) is 15.7. The van der Waals surface area contributed by atoms with Crippen LogP contribution in [-0.2, 0) is 0 Å². The van der Waals surface area contributed by atoms with Crippen LogP contribution >= 0.6 is 12.2 Å². The van der Waals surface area contributed by atoms with Crippen LogP contribution < -0.4 is 5.32 Å². The van der Waals surface area contributed by atoms with Gasteiger partial charge in [-0.3, -0.25) is 4.98 Å². The molecule has 1 aromatic heterocycles. The Balaban J connectivity index is 2.18. The van der Waals surface area contributed by atoms with Crippen molar-refractivity contribution < 1.29 is 0 Å². The number of benzene rings is 1. The van der Waals surface area contributed by atoms with E-state index >= 15 is 0 Å².